The number of hydrogen-bond donors (Lipinski definition) is 0. The van der Waals surface area contributed by atoms with Gasteiger partial charge in [-0.3, -0.25) is 4.79 Å². The van der Waals surface area contributed by atoms with Crippen molar-refractivity contribution in [1.82, 2.24) is 0 Å². The Bertz CT molecular complexity index is 420. The Morgan fingerprint density at radius 3 is 2.81 bits per heavy atom. The number of rotatable bonds is 2. The highest BCUT2D eigenvalue weighted by Crippen LogP contribution is 2.21. The summed E-state index contributed by atoms with van der Waals surface area (Å²) in [4.78, 5) is 11.5. The predicted molar refractivity (Wildman–Crippen MR) is 69.4 cm³/mol. The van der Waals surface area contributed by atoms with Gasteiger partial charge in [-0.1, -0.05) is 33.6 Å². The molecule has 0 atom stereocenters. The first-order valence-corrected chi connectivity index (χ1v) is 6.50. The van der Waals surface area contributed by atoms with Gasteiger partial charge in [-0.25, -0.2) is 0 Å². The minimum atomic E-state index is 0.294. The molecule has 1 aromatic carbocycles. The van der Waals surface area contributed by atoms with Gasteiger partial charge in [-0.15, -0.1) is 0 Å². The van der Waals surface area contributed by atoms with Crippen LogP contribution >= 0.6 is 15.9 Å². The van der Waals surface area contributed by atoms with Crippen molar-refractivity contribution >= 4 is 21.7 Å². The summed E-state index contributed by atoms with van der Waals surface area (Å²) in [7, 11) is 0. The maximum absolute atomic E-state index is 11.5. The number of benzene rings is 1. The van der Waals surface area contributed by atoms with Gasteiger partial charge in [0.2, 0.25) is 0 Å². The minimum Gasteiger partial charge on any atom is -0.295 e. The zero-order valence-electron chi connectivity index (χ0n) is 9.21. The van der Waals surface area contributed by atoms with Crippen LogP contribution in [0.5, 0.6) is 0 Å². The summed E-state index contributed by atoms with van der Waals surface area (Å²) in [5, 5.41) is 0. The van der Waals surface area contributed by atoms with E-state index in [1.54, 1.807) is 0 Å². The fourth-order valence-electron chi connectivity index (χ4n) is 2.07. The van der Waals surface area contributed by atoms with Crippen LogP contribution in [0.4, 0.5) is 0 Å². The van der Waals surface area contributed by atoms with Crippen molar-refractivity contribution in [1.29, 1.82) is 0 Å². The molecule has 2 rings (SSSR count). The molecule has 0 fully saturated rings. The molecule has 0 heterocycles. The lowest BCUT2D eigenvalue weighted by Gasteiger charge is -2.05. The molecular weight excluding hydrogens is 264 g/mol. The number of halogens is 1. The number of allylic oxidation sites excluding steroid dienone is 2. The zero-order valence-corrected chi connectivity index (χ0v) is 10.8. The van der Waals surface area contributed by atoms with E-state index in [0.717, 1.165) is 36.6 Å². The van der Waals surface area contributed by atoms with Gasteiger partial charge in [0, 0.05) is 10.9 Å². The van der Waals surface area contributed by atoms with Crippen molar-refractivity contribution < 1.29 is 4.79 Å². The van der Waals surface area contributed by atoms with Crippen molar-refractivity contribution in [3.63, 3.8) is 0 Å². The minimum absolute atomic E-state index is 0.294. The standard InChI is InChI=1S/C14H15BrO/c15-13-6-3-5-11(9-13)8-12-4-1-2-7-14(16)10-12/h3,5-6,9-10H,1-2,4,7-8H2. The smallest absolute Gasteiger partial charge is 0.155 e. The molecule has 0 bridgehead atoms. The molecule has 0 aromatic heterocycles. The Morgan fingerprint density at radius 2 is 2.00 bits per heavy atom. The summed E-state index contributed by atoms with van der Waals surface area (Å²) >= 11 is 3.47. The van der Waals surface area contributed by atoms with E-state index in [2.05, 4.69) is 28.1 Å². The van der Waals surface area contributed by atoms with Crippen molar-refractivity contribution in [3.8, 4) is 0 Å². The molecule has 1 aliphatic carbocycles. The molecule has 0 N–H and O–H groups in total. The van der Waals surface area contributed by atoms with E-state index in [1.807, 2.05) is 18.2 Å². The Labute approximate surface area is 105 Å². The number of hydrogen-bond acceptors (Lipinski definition) is 1. The summed E-state index contributed by atoms with van der Waals surface area (Å²) in [6.45, 7) is 0. The lowest BCUT2D eigenvalue weighted by Crippen LogP contribution is -1.93. The highest BCUT2D eigenvalue weighted by Gasteiger charge is 2.08. The Morgan fingerprint density at radius 1 is 1.19 bits per heavy atom. The molecular formula is C14H15BrO. The molecule has 0 aliphatic heterocycles. The van der Waals surface area contributed by atoms with E-state index in [4.69, 9.17) is 0 Å². The third-order valence-electron chi connectivity index (χ3n) is 2.86. The van der Waals surface area contributed by atoms with Crippen LogP contribution < -0.4 is 0 Å². The SMILES string of the molecule is O=C1C=C(Cc2cccc(Br)c2)CCCC1. The summed E-state index contributed by atoms with van der Waals surface area (Å²) in [5.74, 6) is 0.294. The highest BCUT2D eigenvalue weighted by molar-refractivity contribution is 9.10. The summed E-state index contributed by atoms with van der Waals surface area (Å²) in [5.41, 5.74) is 2.55. The van der Waals surface area contributed by atoms with Gasteiger partial charge in [0.15, 0.2) is 5.78 Å². The van der Waals surface area contributed by atoms with Gasteiger partial charge < -0.3 is 0 Å². The topological polar surface area (TPSA) is 17.1 Å². The molecule has 0 amide bonds. The van der Waals surface area contributed by atoms with E-state index in [0.29, 0.717) is 5.78 Å². The van der Waals surface area contributed by atoms with Gasteiger partial charge in [0.25, 0.3) is 0 Å². The molecule has 0 saturated heterocycles. The number of carbonyl (C=O) groups is 1. The number of ketones is 1. The molecule has 0 radical (unpaired) electrons. The molecule has 16 heavy (non-hydrogen) atoms. The molecule has 84 valence electrons. The molecule has 1 aliphatic rings. The quantitative estimate of drug-likeness (QED) is 0.797. The lowest BCUT2D eigenvalue weighted by molar-refractivity contribution is -0.114. The van der Waals surface area contributed by atoms with Crippen molar-refractivity contribution in [3.05, 3.63) is 46.0 Å². The van der Waals surface area contributed by atoms with E-state index in [9.17, 15) is 4.79 Å². The second kappa shape index (κ2) is 5.44. The van der Waals surface area contributed by atoms with Crippen LogP contribution in [-0.4, -0.2) is 5.78 Å². The van der Waals surface area contributed by atoms with Gasteiger partial charge >= 0.3 is 0 Å². The van der Waals surface area contributed by atoms with Crippen LogP contribution in [0.25, 0.3) is 0 Å². The zero-order chi connectivity index (χ0) is 11.4. The first kappa shape index (κ1) is 11.6. The largest absolute Gasteiger partial charge is 0.295 e. The Hall–Kier alpha value is -0.890. The van der Waals surface area contributed by atoms with Crippen molar-refractivity contribution in [2.75, 3.05) is 0 Å². The molecule has 0 spiro atoms. The van der Waals surface area contributed by atoms with Crippen LogP contribution in [0.15, 0.2) is 40.4 Å². The van der Waals surface area contributed by atoms with Gasteiger partial charge in [0.1, 0.15) is 0 Å². The van der Waals surface area contributed by atoms with Crippen LogP contribution in [-0.2, 0) is 11.2 Å². The van der Waals surface area contributed by atoms with Gasteiger partial charge in [-0.2, -0.15) is 0 Å². The van der Waals surface area contributed by atoms with Crippen LogP contribution in [0, 0.1) is 0 Å². The van der Waals surface area contributed by atoms with E-state index >= 15 is 0 Å². The van der Waals surface area contributed by atoms with Crippen molar-refractivity contribution in [2.24, 2.45) is 0 Å². The van der Waals surface area contributed by atoms with Crippen LogP contribution in [0.2, 0.25) is 0 Å². The molecule has 1 aromatic rings. The predicted octanol–water partition coefficient (Wildman–Crippen LogP) is 4.06. The fraction of sp³-hybridized carbons (Fsp3) is 0.357. The summed E-state index contributed by atoms with van der Waals surface area (Å²) in [6, 6.07) is 8.30. The Kier molecular flexibility index (Phi) is 3.94. The normalized spacial score (nSPS) is 16.8. The Balaban J connectivity index is 2.11. The molecule has 0 saturated carbocycles. The molecule has 2 heteroatoms. The van der Waals surface area contributed by atoms with Gasteiger partial charge in [-0.05, 0) is 49.5 Å². The average Bonchev–Trinajstić information content (AvgIpc) is 2.43. The van der Waals surface area contributed by atoms with Gasteiger partial charge in [0.05, 0.1) is 0 Å². The monoisotopic (exact) mass is 278 g/mol. The lowest BCUT2D eigenvalue weighted by atomic mass is 10.0. The third kappa shape index (κ3) is 3.31. The maximum atomic E-state index is 11.5. The average molecular weight is 279 g/mol. The fourth-order valence-corrected chi connectivity index (χ4v) is 2.52. The summed E-state index contributed by atoms with van der Waals surface area (Å²) < 4.78 is 1.10. The second-order valence-electron chi connectivity index (χ2n) is 4.28. The molecule has 0 unspecified atom stereocenters. The van der Waals surface area contributed by atoms with Crippen molar-refractivity contribution in [2.45, 2.75) is 32.1 Å². The summed E-state index contributed by atoms with van der Waals surface area (Å²) in [6.07, 6.45) is 6.74. The van der Waals surface area contributed by atoms with E-state index in [-0.39, 0.29) is 0 Å². The van der Waals surface area contributed by atoms with E-state index in [1.165, 1.54) is 11.1 Å². The first-order valence-electron chi connectivity index (χ1n) is 5.71. The molecule has 1 nitrogen and oxygen atoms in total. The first-order chi connectivity index (χ1) is 7.74. The van der Waals surface area contributed by atoms with Crippen LogP contribution in [0.1, 0.15) is 31.2 Å². The highest BCUT2D eigenvalue weighted by atomic mass is 79.9. The third-order valence-corrected chi connectivity index (χ3v) is 3.35. The maximum Gasteiger partial charge on any atom is 0.155 e. The van der Waals surface area contributed by atoms with E-state index < -0.39 is 0 Å². The number of carbonyl (C=O) groups excluding carboxylic acids is 1. The van der Waals surface area contributed by atoms with Crippen LogP contribution in [0.3, 0.4) is 0 Å². The second-order valence-corrected chi connectivity index (χ2v) is 5.20.